The Kier molecular flexibility index (Phi) is 7.60. The summed E-state index contributed by atoms with van der Waals surface area (Å²) < 4.78 is 38.6. The van der Waals surface area contributed by atoms with Gasteiger partial charge in [0.05, 0.1) is 35.0 Å². The second-order valence-corrected chi connectivity index (χ2v) is 8.23. The highest BCUT2D eigenvalue weighted by atomic mass is 79.9. The van der Waals surface area contributed by atoms with E-state index in [0.717, 1.165) is 8.95 Å². The summed E-state index contributed by atoms with van der Waals surface area (Å²) in [4.78, 5) is 0. The fraction of sp³-hybridized carbons (Fsp3) is 0.455. The summed E-state index contributed by atoms with van der Waals surface area (Å²) in [5.74, 6) is 1.10. The molecule has 0 unspecified atom stereocenters. The summed E-state index contributed by atoms with van der Waals surface area (Å²) in [5, 5.41) is 0. The first kappa shape index (κ1) is 18.0. The van der Waals surface area contributed by atoms with Crippen LogP contribution in [0.15, 0.2) is 21.1 Å². The molecule has 114 valence electrons. The number of benzene rings is 1. The predicted molar refractivity (Wildman–Crippen MR) is 84.3 cm³/mol. The van der Waals surface area contributed by atoms with Gasteiger partial charge in [0.1, 0.15) is 18.1 Å². The summed E-state index contributed by atoms with van der Waals surface area (Å²) in [5.41, 5.74) is 0. The highest BCUT2D eigenvalue weighted by Crippen LogP contribution is 2.35. The summed E-state index contributed by atoms with van der Waals surface area (Å²) >= 11 is 6.73. The van der Waals surface area contributed by atoms with Crippen molar-refractivity contribution in [2.45, 2.75) is 0 Å². The fourth-order valence-electron chi connectivity index (χ4n) is 1.25. The zero-order chi connectivity index (χ0) is 15.2. The van der Waals surface area contributed by atoms with Crippen LogP contribution in [0.5, 0.6) is 11.5 Å². The normalized spacial score (nSPS) is 11.4. The highest BCUT2D eigenvalue weighted by Gasteiger charge is 2.08. The minimum atomic E-state index is -3.50. The molecule has 0 saturated heterocycles. The van der Waals surface area contributed by atoms with Crippen LogP contribution >= 0.6 is 42.5 Å². The van der Waals surface area contributed by atoms with E-state index in [1.807, 2.05) is 0 Å². The van der Waals surface area contributed by atoms with Crippen molar-refractivity contribution in [2.75, 3.05) is 32.7 Å². The maximum atomic E-state index is 10.7. The number of methoxy groups -OCH3 is 1. The van der Waals surface area contributed by atoms with Gasteiger partial charge in [-0.25, -0.2) is 8.42 Å². The van der Waals surface area contributed by atoms with Crippen molar-refractivity contribution in [1.82, 2.24) is 0 Å². The molecule has 20 heavy (non-hydrogen) atoms. The monoisotopic (exact) mass is 450 g/mol. The molecule has 0 aliphatic heterocycles. The topological polar surface area (TPSA) is 61.8 Å². The summed E-state index contributed by atoms with van der Waals surface area (Å²) in [7, 11) is 3.12. The summed E-state index contributed by atoms with van der Waals surface area (Å²) in [6.45, 7) is 0.602. The van der Waals surface area contributed by atoms with Crippen molar-refractivity contribution < 1.29 is 22.6 Å². The van der Waals surface area contributed by atoms with Crippen molar-refractivity contribution in [3.8, 4) is 11.5 Å². The Balaban J connectivity index is 2.37. The van der Waals surface area contributed by atoms with Gasteiger partial charge in [-0.15, -0.1) is 0 Å². The minimum absolute atomic E-state index is 0.0443. The lowest BCUT2D eigenvalue weighted by atomic mass is 10.3. The number of halogens is 3. The molecule has 0 aliphatic rings. The van der Waals surface area contributed by atoms with Gasteiger partial charge in [0.15, 0.2) is 0 Å². The third kappa shape index (κ3) is 6.62. The number of rotatable bonds is 8. The molecule has 0 atom stereocenters. The van der Waals surface area contributed by atoms with Crippen molar-refractivity contribution in [3.05, 3.63) is 21.1 Å². The standard InChI is InChI=1S/C11H13Br2ClO5S/c1-17-10-6-9(13)11(7-8(10)12)19-3-2-18-4-5-20(14,15)16/h6-7H,2-5H2,1H3. The lowest BCUT2D eigenvalue weighted by molar-refractivity contribution is 0.111. The third-order valence-electron chi connectivity index (χ3n) is 2.16. The Labute approximate surface area is 139 Å². The molecule has 0 fully saturated rings. The van der Waals surface area contributed by atoms with Crippen molar-refractivity contribution in [2.24, 2.45) is 0 Å². The van der Waals surface area contributed by atoms with E-state index in [1.54, 1.807) is 19.2 Å². The first-order chi connectivity index (χ1) is 9.33. The molecule has 0 bridgehead atoms. The van der Waals surface area contributed by atoms with E-state index in [-0.39, 0.29) is 19.0 Å². The van der Waals surface area contributed by atoms with Crippen molar-refractivity contribution in [1.29, 1.82) is 0 Å². The lowest BCUT2D eigenvalue weighted by Crippen LogP contribution is -2.12. The fourth-order valence-corrected chi connectivity index (χ4v) is 2.68. The van der Waals surface area contributed by atoms with E-state index in [2.05, 4.69) is 31.9 Å². The van der Waals surface area contributed by atoms with E-state index in [0.29, 0.717) is 18.1 Å². The van der Waals surface area contributed by atoms with Crippen LogP contribution in [0.4, 0.5) is 0 Å². The lowest BCUT2D eigenvalue weighted by Gasteiger charge is -2.11. The van der Waals surface area contributed by atoms with Crippen LogP contribution in [0.1, 0.15) is 0 Å². The van der Waals surface area contributed by atoms with Crippen LogP contribution in [0.3, 0.4) is 0 Å². The van der Waals surface area contributed by atoms with Crippen LogP contribution < -0.4 is 9.47 Å². The van der Waals surface area contributed by atoms with Gasteiger partial charge in [-0.2, -0.15) is 0 Å². The van der Waals surface area contributed by atoms with Gasteiger partial charge in [-0.1, -0.05) is 0 Å². The Morgan fingerprint density at radius 1 is 1.10 bits per heavy atom. The SMILES string of the molecule is COc1cc(Br)c(OCCOCCS(=O)(=O)Cl)cc1Br. The zero-order valence-electron chi connectivity index (χ0n) is 10.6. The molecular weight excluding hydrogens is 439 g/mol. The van der Waals surface area contributed by atoms with Crippen LogP contribution in [-0.2, 0) is 13.8 Å². The third-order valence-corrected chi connectivity index (χ3v) is 4.52. The van der Waals surface area contributed by atoms with E-state index >= 15 is 0 Å². The van der Waals surface area contributed by atoms with Crippen LogP contribution in [0, 0.1) is 0 Å². The first-order valence-electron chi connectivity index (χ1n) is 5.49. The van der Waals surface area contributed by atoms with E-state index in [1.165, 1.54) is 0 Å². The van der Waals surface area contributed by atoms with Gasteiger partial charge in [0.25, 0.3) is 0 Å². The second kappa shape index (κ2) is 8.43. The Hall–Kier alpha value is -0.0200. The molecule has 1 aromatic rings. The Morgan fingerprint density at radius 3 is 2.30 bits per heavy atom. The Morgan fingerprint density at radius 2 is 1.70 bits per heavy atom. The molecule has 0 amide bonds. The number of hydrogen-bond donors (Lipinski definition) is 0. The van der Waals surface area contributed by atoms with Crippen molar-refractivity contribution >= 4 is 51.6 Å². The molecule has 0 saturated carbocycles. The average molecular weight is 453 g/mol. The average Bonchev–Trinajstić information content (AvgIpc) is 2.35. The first-order valence-corrected chi connectivity index (χ1v) is 9.56. The molecule has 0 aliphatic carbocycles. The van der Waals surface area contributed by atoms with Crippen LogP contribution in [0.2, 0.25) is 0 Å². The summed E-state index contributed by atoms with van der Waals surface area (Å²) in [6.07, 6.45) is 0. The molecule has 5 nitrogen and oxygen atoms in total. The van der Waals surface area contributed by atoms with E-state index in [9.17, 15) is 8.42 Å². The van der Waals surface area contributed by atoms with Crippen molar-refractivity contribution in [3.63, 3.8) is 0 Å². The Bertz CT molecular complexity index is 550. The van der Waals surface area contributed by atoms with Gasteiger partial charge in [0.2, 0.25) is 9.05 Å². The smallest absolute Gasteiger partial charge is 0.234 e. The number of ether oxygens (including phenoxy) is 3. The highest BCUT2D eigenvalue weighted by molar-refractivity contribution is 9.11. The van der Waals surface area contributed by atoms with E-state index in [4.69, 9.17) is 24.9 Å². The van der Waals surface area contributed by atoms with Crippen LogP contribution in [0.25, 0.3) is 0 Å². The zero-order valence-corrected chi connectivity index (χ0v) is 15.3. The molecule has 9 heteroatoms. The van der Waals surface area contributed by atoms with Crippen LogP contribution in [-0.4, -0.2) is 41.1 Å². The molecule has 1 rings (SSSR count). The van der Waals surface area contributed by atoms with E-state index < -0.39 is 9.05 Å². The predicted octanol–water partition coefficient (Wildman–Crippen LogP) is 3.18. The quantitative estimate of drug-likeness (QED) is 0.448. The maximum Gasteiger partial charge on any atom is 0.234 e. The molecule has 1 aromatic carbocycles. The summed E-state index contributed by atoms with van der Waals surface area (Å²) in [6, 6.07) is 3.55. The van der Waals surface area contributed by atoms with Gasteiger partial charge in [-0.05, 0) is 44.0 Å². The maximum absolute atomic E-state index is 10.7. The molecule has 0 N–H and O–H groups in total. The molecular formula is C11H13Br2ClO5S. The molecule has 0 heterocycles. The van der Waals surface area contributed by atoms with Gasteiger partial charge >= 0.3 is 0 Å². The molecule has 0 spiro atoms. The molecule has 0 aromatic heterocycles. The largest absolute Gasteiger partial charge is 0.496 e. The minimum Gasteiger partial charge on any atom is -0.496 e. The second-order valence-electron chi connectivity index (χ2n) is 3.62. The van der Waals surface area contributed by atoms with Gasteiger partial charge in [-0.3, -0.25) is 0 Å². The van der Waals surface area contributed by atoms with Gasteiger partial charge in [0, 0.05) is 10.7 Å². The molecule has 0 radical (unpaired) electrons. The van der Waals surface area contributed by atoms with Gasteiger partial charge < -0.3 is 14.2 Å². The number of hydrogen-bond acceptors (Lipinski definition) is 5.